The molecule has 0 radical (unpaired) electrons. The van der Waals surface area contributed by atoms with E-state index in [2.05, 4.69) is 15.0 Å². The predicted molar refractivity (Wildman–Crippen MR) is 79.6 cm³/mol. The average molecular weight is 305 g/mol. The summed E-state index contributed by atoms with van der Waals surface area (Å²) in [5.41, 5.74) is 12.3. The Balaban J connectivity index is 1.82. The molecule has 1 amide bonds. The Morgan fingerprint density at radius 1 is 1.36 bits per heavy atom. The molecule has 5 N–H and O–H groups in total. The number of aliphatic hydroxyl groups is 1. The van der Waals surface area contributed by atoms with Crippen molar-refractivity contribution in [1.82, 2.24) is 24.4 Å². The largest absolute Gasteiger partial charge is 0.389 e. The number of likely N-dealkylation sites (tertiary alicyclic amines) is 1. The first-order chi connectivity index (χ1) is 10.6. The molecule has 1 aliphatic rings. The molecule has 0 spiro atoms. The van der Waals surface area contributed by atoms with Gasteiger partial charge in [-0.25, -0.2) is 15.0 Å². The van der Waals surface area contributed by atoms with Crippen molar-refractivity contribution in [3.8, 4) is 0 Å². The van der Waals surface area contributed by atoms with Gasteiger partial charge in [0.1, 0.15) is 11.8 Å². The summed E-state index contributed by atoms with van der Waals surface area (Å²) in [7, 11) is 0. The molecule has 0 bridgehead atoms. The number of amides is 1. The molecule has 0 aromatic carbocycles. The number of carbonyl (C=O) groups excluding carboxylic acids is 1. The van der Waals surface area contributed by atoms with Crippen molar-refractivity contribution in [2.75, 3.05) is 25.4 Å². The van der Waals surface area contributed by atoms with Crippen LogP contribution in [0.4, 0.5) is 5.82 Å². The molecule has 3 rings (SSSR count). The Morgan fingerprint density at radius 2 is 2.18 bits per heavy atom. The van der Waals surface area contributed by atoms with Gasteiger partial charge in [0.15, 0.2) is 11.5 Å². The average Bonchev–Trinajstić information content (AvgIpc) is 3.09. The van der Waals surface area contributed by atoms with Crippen molar-refractivity contribution in [2.45, 2.75) is 25.0 Å². The van der Waals surface area contributed by atoms with Gasteiger partial charge >= 0.3 is 0 Å². The number of aliphatic hydroxyl groups excluding tert-OH is 1. The summed E-state index contributed by atoms with van der Waals surface area (Å²) >= 11 is 0. The van der Waals surface area contributed by atoms with E-state index in [0.29, 0.717) is 49.5 Å². The van der Waals surface area contributed by atoms with Crippen molar-refractivity contribution in [3.05, 3.63) is 12.7 Å². The smallest absolute Gasteiger partial charge is 0.222 e. The summed E-state index contributed by atoms with van der Waals surface area (Å²) in [4.78, 5) is 26.0. The van der Waals surface area contributed by atoms with E-state index in [1.54, 1.807) is 15.8 Å². The summed E-state index contributed by atoms with van der Waals surface area (Å²) in [5.74, 6) is 0.303. The third-order valence-corrected chi connectivity index (χ3v) is 3.95. The number of nitrogen functional groups attached to an aromatic ring is 1. The number of hydrogen-bond donors (Lipinski definition) is 3. The van der Waals surface area contributed by atoms with E-state index < -0.39 is 6.10 Å². The molecule has 1 aliphatic heterocycles. The summed E-state index contributed by atoms with van der Waals surface area (Å²) in [6, 6.07) is -0.291. The Labute approximate surface area is 127 Å². The lowest BCUT2D eigenvalue weighted by atomic mass is 10.2. The van der Waals surface area contributed by atoms with Gasteiger partial charge in [-0.05, 0) is 13.0 Å². The first-order valence-electron chi connectivity index (χ1n) is 7.20. The molecule has 0 unspecified atom stereocenters. The molecule has 9 nitrogen and oxygen atoms in total. The van der Waals surface area contributed by atoms with Gasteiger partial charge < -0.3 is 26.0 Å². The Morgan fingerprint density at radius 3 is 2.95 bits per heavy atom. The molecule has 3 heterocycles. The van der Waals surface area contributed by atoms with Gasteiger partial charge in [0.25, 0.3) is 0 Å². The topological polar surface area (TPSA) is 136 Å². The van der Waals surface area contributed by atoms with Crippen LogP contribution < -0.4 is 11.5 Å². The molecule has 2 atom stereocenters. The third-order valence-electron chi connectivity index (χ3n) is 3.95. The number of nitrogens with zero attached hydrogens (tertiary/aromatic N) is 5. The number of nitrogens with two attached hydrogens (primary N) is 2. The van der Waals surface area contributed by atoms with Crippen LogP contribution in [0.25, 0.3) is 11.2 Å². The molecular weight excluding hydrogens is 286 g/mol. The van der Waals surface area contributed by atoms with Gasteiger partial charge in [0.05, 0.1) is 18.5 Å². The van der Waals surface area contributed by atoms with Gasteiger partial charge in [0, 0.05) is 19.5 Å². The minimum atomic E-state index is -0.671. The minimum Gasteiger partial charge on any atom is -0.389 e. The summed E-state index contributed by atoms with van der Waals surface area (Å²) in [6.07, 6.45) is 3.32. The lowest BCUT2D eigenvalue weighted by Crippen LogP contribution is -2.29. The standard InChI is InChI=1S/C13H19N7O2/c14-3-1-2-10(22)19-4-8(9(21)5-19)20-7-18-11-12(15)16-6-17-13(11)20/h6-9,21H,1-5,14H2,(H2,15,16,17)/t8-,9-/m1/s1. The first-order valence-corrected chi connectivity index (χ1v) is 7.20. The van der Waals surface area contributed by atoms with E-state index in [4.69, 9.17) is 11.5 Å². The highest BCUT2D eigenvalue weighted by atomic mass is 16.3. The zero-order valence-corrected chi connectivity index (χ0v) is 12.1. The summed E-state index contributed by atoms with van der Waals surface area (Å²) in [5, 5.41) is 10.3. The van der Waals surface area contributed by atoms with Crippen LogP contribution in [0.5, 0.6) is 0 Å². The highest BCUT2D eigenvalue weighted by Gasteiger charge is 2.35. The van der Waals surface area contributed by atoms with Gasteiger partial charge in [-0.2, -0.15) is 0 Å². The molecule has 2 aromatic rings. The van der Waals surface area contributed by atoms with Gasteiger partial charge in [-0.3, -0.25) is 4.79 Å². The highest BCUT2D eigenvalue weighted by Crippen LogP contribution is 2.27. The van der Waals surface area contributed by atoms with Crippen molar-refractivity contribution in [1.29, 1.82) is 0 Å². The van der Waals surface area contributed by atoms with E-state index in [1.807, 2.05) is 0 Å². The summed E-state index contributed by atoms with van der Waals surface area (Å²) < 4.78 is 1.76. The van der Waals surface area contributed by atoms with Crippen LogP contribution in [-0.4, -0.2) is 61.2 Å². The molecule has 1 fully saturated rings. The SMILES string of the molecule is NCCCC(=O)N1C[C@@H](O)[C@H](n2cnc3c(N)ncnc32)C1. The quantitative estimate of drug-likeness (QED) is 0.651. The maximum Gasteiger partial charge on any atom is 0.222 e. The van der Waals surface area contributed by atoms with E-state index in [-0.39, 0.29) is 11.9 Å². The van der Waals surface area contributed by atoms with E-state index in [9.17, 15) is 9.90 Å². The maximum atomic E-state index is 12.1. The normalized spacial score (nSPS) is 21.6. The minimum absolute atomic E-state index is 0.00515. The fourth-order valence-electron chi connectivity index (χ4n) is 2.77. The number of aromatic nitrogens is 4. The van der Waals surface area contributed by atoms with Crippen LogP contribution in [0.3, 0.4) is 0 Å². The maximum absolute atomic E-state index is 12.1. The number of β-amino-alcohol motifs (C(OH)–C–C–N with tert-alkyl or cyclic N) is 1. The molecule has 1 saturated heterocycles. The van der Waals surface area contributed by atoms with Crippen LogP contribution in [-0.2, 0) is 4.79 Å². The van der Waals surface area contributed by atoms with Crippen LogP contribution >= 0.6 is 0 Å². The molecule has 9 heteroatoms. The molecule has 22 heavy (non-hydrogen) atoms. The molecule has 2 aromatic heterocycles. The molecular formula is C13H19N7O2. The number of rotatable bonds is 4. The number of imidazole rings is 1. The monoisotopic (exact) mass is 305 g/mol. The fourth-order valence-corrected chi connectivity index (χ4v) is 2.77. The lowest BCUT2D eigenvalue weighted by molar-refractivity contribution is -0.130. The van der Waals surface area contributed by atoms with Gasteiger partial charge in [-0.1, -0.05) is 0 Å². The Bertz CT molecular complexity index is 686. The van der Waals surface area contributed by atoms with E-state index >= 15 is 0 Å². The second-order valence-electron chi connectivity index (χ2n) is 5.41. The number of anilines is 1. The highest BCUT2D eigenvalue weighted by molar-refractivity contribution is 5.81. The third kappa shape index (κ3) is 2.48. The number of carbonyl (C=O) groups is 1. The van der Waals surface area contributed by atoms with Crippen molar-refractivity contribution in [2.24, 2.45) is 5.73 Å². The van der Waals surface area contributed by atoms with Crippen LogP contribution in [0.2, 0.25) is 0 Å². The van der Waals surface area contributed by atoms with Crippen LogP contribution in [0, 0.1) is 0 Å². The first kappa shape index (κ1) is 14.7. The Kier molecular flexibility index (Phi) is 3.90. The second-order valence-corrected chi connectivity index (χ2v) is 5.41. The predicted octanol–water partition coefficient (Wildman–Crippen LogP) is -1.11. The van der Waals surface area contributed by atoms with Gasteiger partial charge in [-0.15, -0.1) is 0 Å². The molecule has 118 valence electrons. The van der Waals surface area contributed by atoms with E-state index in [0.717, 1.165) is 0 Å². The van der Waals surface area contributed by atoms with Crippen molar-refractivity contribution in [3.63, 3.8) is 0 Å². The summed E-state index contributed by atoms with van der Waals surface area (Å²) in [6.45, 7) is 1.20. The van der Waals surface area contributed by atoms with E-state index in [1.165, 1.54) is 6.33 Å². The fraction of sp³-hybridized carbons (Fsp3) is 0.538. The van der Waals surface area contributed by atoms with Gasteiger partial charge in [0.2, 0.25) is 5.91 Å². The second kappa shape index (κ2) is 5.85. The number of hydrogen-bond acceptors (Lipinski definition) is 7. The zero-order chi connectivity index (χ0) is 15.7. The number of fused-ring (bicyclic) bond motifs is 1. The van der Waals surface area contributed by atoms with Crippen LogP contribution in [0.15, 0.2) is 12.7 Å². The lowest BCUT2D eigenvalue weighted by Gasteiger charge is -2.17. The van der Waals surface area contributed by atoms with Crippen molar-refractivity contribution >= 4 is 22.9 Å². The molecule has 0 saturated carbocycles. The van der Waals surface area contributed by atoms with Crippen molar-refractivity contribution < 1.29 is 9.90 Å². The van der Waals surface area contributed by atoms with Crippen LogP contribution in [0.1, 0.15) is 18.9 Å². The molecule has 0 aliphatic carbocycles. The Hall–Kier alpha value is -2.26. The zero-order valence-electron chi connectivity index (χ0n) is 12.1.